The van der Waals surface area contributed by atoms with Gasteiger partial charge in [-0.2, -0.15) is 0 Å². The van der Waals surface area contributed by atoms with Crippen molar-refractivity contribution in [3.8, 4) is 0 Å². The van der Waals surface area contributed by atoms with Crippen molar-refractivity contribution in [2.45, 2.75) is 0 Å². The van der Waals surface area contributed by atoms with Crippen LogP contribution in [0.5, 0.6) is 0 Å². The van der Waals surface area contributed by atoms with Crippen molar-refractivity contribution in [3.63, 3.8) is 0 Å². The van der Waals surface area contributed by atoms with Gasteiger partial charge in [-0.15, -0.1) is 0 Å². The summed E-state index contributed by atoms with van der Waals surface area (Å²) in [5, 5.41) is 3.80. The molecule has 0 aliphatic carbocycles. The summed E-state index contributed by atoms with van der Waals surface area (Å²) in [5.41, 5.74) is 0. The van der Waals surface area contributed by atoms with Crippen LogP contribution < -0.4 is 0 Å². The summed E-state index contributed by atoms with van der Waals surface area (Å²) < 4.78 is 1.67. The lowest BCUT2D eigenvalue weighted by molar-refractivity contribution is 0.992. The van der Waals surface area contributed by atoms with Crippen molar-refractivity contribution < 1.29 is 0 Å². The SMILES string of the molecule is [Al][n]1cccn1. The van der Waals surface area contributed by atoms with Crippen LogP contribution in [0.15, 0.2) is 18.5 Å². The second-order valence-corrected chi connectivity index (χ2v) is 1.52. The number of nitrogens with zero attached hydrogens (tertiary/aromatic N) is 2. The first-order valence-electron chi connectivity index (χ1n) is 1.64. The molecule has 0 atom stereocenters. The van der Waals surface area contributed by atoms with Gasteiger partial charge in [-0.25, -0.2) is 5.10 Å². The van der Waals surface area contributed by atoms with Crippen LogP contribution >= 0.6 is 0 Å². The minimum absolute atomic E-state index is 1.67. The first-order valence-corrected chi connectivity index (χ1v) is 2.16. The van der Waals surface area contributed by atoms with Crippen molar-refractivity contribution in [2.24, 2.45) is 0 Å². The molecular weight excluding hydrogens is 91.0 g/mol. The quantitative estimate of drug-likeness (QED) is 0.407. The van der Waals surface area contributed by atoms with Gasteiger partial charge in [0.15, 0.2) is 0 Å². The Hall–Kier alpha value is -0.258. The van der Waals surface area contributed by atoms with Gasteiger partial charge in [-0.05, 0) is 12.3 Å². The molecule has 0 amide bonds. The lowest BCUT2D eigenvalue weighted by atomic mass is 10.8. The summed E-state index contributed by atoms with van der Waals surface area (Å²) in [6.45, 7) is 0. The predicted molar refractivity (Wildman–Crippen MR) is 23.4 cm³/mol. The maximum atomic E-state index is 3.80. The van der Waals surface area contributed by atoms with E-state index in [0.717, 1.165) is 0 Å². The molecule has 0 bridgehead atoms. The fraction of sp³-hybridized carbons (Fsp3) is 0. The average Bonchev–Trinajstić information content (AvgIpc) is 1.86. The van der Waals surface area contributed by atoms with Crippen LogP contribution in [-0.4, -0.2) is 25.3 Å². The zero-order valence-electron chi connectivity index (χ0n) is 3.20. The number of rotatable bonds is 0. The van der Waals surface area contributed by atoms with E-state index in [4.69, 9.17) is 0 Å². The third-order valence-electron chi connectivity index (χ3n) is 0.525. The van der Waals surface area contributed by atoms with E-state index >= 15 is 0 Å². The number of hydrogen-bond acceptors (Lipinski definition) is 1. The third-order valence-corrected chi connectivity index (χ3v) is 0.830. The van der Waals surface area contributed by atoms with Crippen LogP contribution in [0, 0.1) is 0 Å². The van der Waals surface area contributed by atoms with E-state index < -0.39 is 0 Å². The van der Waals surface area contributed by atoms with Crippen molar-refractivity contribution in [2.75, 3.05) is 0 Å². The Balaban J connectivity index is 3.05. The highest BCUT2D eigenvalue weighted by atomic mass is 27.1. The molecule has 3 heteroatoms. The highest BCUT2D eigenvalue weighted by Crippen LogP contribution is 1.72. The lowest BCUT2D eigenvalue weighted by Gasteiger charge is -1.79. The zero-order valence-corrected chi connectivity index (χ0v) is 4.36. The molecule has 0 spiro atoms. The molecule has 1 aromatic heterocycles. The molecule has 0 N–H and O–H groups in total. The van der Waals surface area contributed by atoms with Crippen molar-refractivity contribution in [3.05, 3.63) is 18.5 Å². The predicted octanol–water partition coefficient (Wildman–Crippen LogP) is -0.185. The molecule has 1 rings (SSSR count). The second-order valence-electron chi connectivity index (χ2n) is 0.986. The largest absolute Gasteiger partial charge is 0.390 e. The van der Waals surface area contributed by atoms with Crippen LogP contribution in [-0.2, 0) is 0 Å². The van der Waals surface area contributed by atoms with Gasteiger partial charge in [0.25, 0.3) is 0 Å². The van der Waals surface area contributed by atoms with Gasteiger partial charge in [0.2, 0.25) is 0 Å². The summed E-state index contributed by atoms with van der Waals surface area (Å²) in [4.78, 5) is 0. The minimum atomic E-state index is 1.67. The molecule has 1 aromatic rings. The summed E-state index contributed by atoms with van der Waals surface area (Å²) >= 11 is 2.42. The molecular formula is C3H3AlN2. The Kier molecular flexibility index (Phi) is 0.954. The third kappa shape index (κ3) is 0.619. The Morgan fingerprint density at radius 1 is 1.67 bits per heavy atom. The number of aromatic nitrogens is 2. The highest BCUT2D eigenvalue weighted by molar-refractivity contribution is 6.05. The summed E-state index contributed by atoms with van der Waals surface area (Å²) in [5.74, 6) is 0. The molecule has 2 radical (unpaired) electrons. The molecule has 0 unspecified atom stereocenters. The Bertz CT molecular complexity index is 112. The van der Waals surface area contributed by atoms with Gasteiger partial charge in [0.05, 0.1) is 0 Å². The van der Waals surface area contributed by atoms with Gasteiger partial charge in [-0.1, -0.05) is 0 Å². The summed E-state index contributed by atoms with van der Waals surface area (Å²) in [6, 6.07) is 1.87. The van der Waals surface area contributed by atoms with Crippen LogP contribution in [0.4, 0.5) is 0 Å². The number of hydrogen-bond donors (Lipinski definition) is 0. The molecule has 0 aliphatic rings. The van der Waals surface area contributed by atoms with E-state index in [0.29, 0.717) is 0 Å². The van der Waals surface area contributed by atoms with E-state index in [2.05, 4.69) is 21.6 Å². The van der Waals surface area contributed by atoms with E-state index in [-0.39, 0.29) is 0 Å². The zero-order chi connectivity index (χ0) is 4.41. The second kappa shape index (κ2) is 1.46. The smallest absolute Gasteiger partial charge is 0.353 e. The van der Waals surface area contributed by atoms with Crippen molar-refractivity contribution >= 4 is 16.5 Å². The Morgan fingerprint density at radius 3 is 2.67 bits per heavy atom. The van der Waals surface area contributed by atoms with Gasteiger partial charge >= 0.3 is 16.5 Å². The van der Waals surface area contributed by atoms with E-state index in [9.17, 15) is 0 Å². The highest BCUT2D eigenvalue weighted by Gasteiger charge is 1.69. The van der Waals surface area contributed by atoms with Gasteiger partial charge < -0.3 is 3.67 Å². The molecule has 0 saturated heterocycles. The van der Waals surface area contributed by atoms with Crippen LogP contribution in [0.25, 0.3) is 0 Å². The van der Waals surface area contributed by atoms with Crippen molar-refractivity contribution in [1.29, 1.82) is 0 Å². The molecule has 1 heterocycles. The van der Waals surface area contributed by atoms with Crippen LogP contribution in [0.3, 0.4) is 0 Å². The normalized spacial score (nSPS) is 8.67. The molecule has 2 nitrogen and oxygen atoms in total. The maximum absolute atomic E-state index is 3.80. The van der Waals surface area contributed by atoms with Crippen LogP contribution in [0.1, 0.15) is 0 Å². The maximum Gasteiger partial charge on any atom is 0.353 e. The fourth-order valence-electron chi connectivity index (χ4n) is 0.281. The Morgan fingerprint density at radius 2 is 2.50 bits per heavy atom. The van der Waals surface area contributed by atoms with E-state index in [1.54, 1.807) is 9.86 Å². The molecule has 0 aliphatic heterocycles. The van der Waals surface area contributed by atoms with Gasteiger partial charge in [-0.3, -0.25) is 0 Å². The van der Waals surface area contributed by atoms with Gasteiger partial charge in [0.1, 0.15) is 0 Å². The van der Waals surface area contributed by atoms with E-state index in [1.165, 1.54) is 0 Å². The summed E-state index contributed by atoms with van der Waals surface area (Å²) in [7, 11) is 0. The van der Waals surface area contributed by atoms with Crippen LogP contribution in [0.2, 0.25) is 0 Å². The summed E-state index contributed by atoms with van der Waals surface area (Å²) in [6.07, 6.45) is 3.58. The minimum Gasteiger partial charge on any atom is -0.390 e. The lowest BCUT2D eigenvalue weighted by Crippen LogP contribution is -1.87. The molecule has 0 fully saturated rings. The topological polar surface area (TPSA) is 17.8 Å². The van der Waals surface area contributed by atoms with E-state index in [1.807, 2.05) is 12.3 Å². The average molecular weight is 94.1 g/mol. The fourth-order valence-corrected chi connectivity index (χ4v) is 0.457. The standard InChI is InChI=1S/C3H3N2.Al/c1-2-4-5-3-1;/h1-3H;/q-1;+1. The molecule has 0 saturated carbocycles. The molecule has 6 heavy (non-hydrogen) atoms. The van der Waals surface area contributed by atoms with Gasteiger partial charge in [0, 0.05) is 6.20 Å². The van der Waals surface area contributed by atoms with Crippen molar-refractivity contribution in [1.82, 2.24) is 8.76 Å². The Labute approximate surface area is 44.4 Å². The molecule has 0 aromatic carbocycles. The first-order chi connectivity index (χ1) is 2.89. The first kappa shape index (κ1) is 3.92. The molecule has 28 valence electrons. The monoisotopic (exact) mass is 94.0 g/mol.